The molecule has 6 heteroatoms. The van der Waals surface area contributed by atoms with Crippen LogP contribution in [0, 0.1) is 11.3 Å². The van der Waals surface area contributed by atoms with Gasteiger partial charge in [-0.2, -0.15) is 10.4 Å². The van der Waals surface area contributed by atoms with Gasteiger partial charge in [0.2, 0.25) is 0 Å². The Labute approximate surface area is 125 Å². The van der Waals surface area contributed by atoms with Gasteiger partial charge in [-0.1, -0.05) is 33.6 Å². The average molecular weight is 290 g/mol. The molecule has 0 amide bonds. The Morgan fingerprint density at radius 1 is 1.33 bits per heavy atom. The number of nitriles is 1. The summed E-state index contributed by atoms with van der Waals surface area (Å²) in [5.41, 5.74) is 2.05. The number of rotatable bonds is 8. The summed E-state index contributed by atoms with van der Waals surface area (Å²) in [6, 6.07) is 1.39. The number of hydrogen-bond acceptors (Lipinski definition) is 5. The van der Waals surface area contributed by atoms with Crippen molar-refractivity contribution in [1.29, 1.82) is 5.26 Å². The van der Waals surface area contributed by atoms with Gasteiger partial charge in [0, 0.05) is 0 Å². The van der Waals surface area contributed by atoms with E-state index in [2.05, 4.69) is 21.6 Å². The molecule has 0 saturated carbocycles. The highest BCUT2D eigenvalue weighted by atomic mass is 16.4. The molecule has 0 aliphatic carbocycles. The van der Waals surface area contributed by atoms with E-state index in [-0.39, 0.29) is 5.82 Å². The van der Waals surface area contributed by atoms with Gasteiger partial charge in [-0.05, 0) is 24.8 Å². The maximum Gasteiger partial charge on any atom is 0.326 e. The molecular formula is C15H22N4O2. The molecule has 1 unspecified atom stereocenters. The van der Waals surface area contributed by atoms with Gasteiger partial charge in [-0.3, -0.25) is 0 Å². The number of unbranched alkanes of at least 4 members (excludes halogenated alkanes) is 1. The molecular weight excluding hydrogens is 268 g/mol. The van der Waals surface area contributed by atoms with Crippen LogP contribution in [0.5, 0.6) is 0 Å². The van der Waals surface area contributed by atoms with E-state index in [1.165, 1.54) is 0 Å². The van der Waals surface area contributed by atoms with Crippen LogP contribution in [0.2, 0.25) is 0 Å². The molecule has 2 N–H and O–H groups in total. The molecule has 0 saturated heterocycles. The van der Waals surface area contributed by atoms with Gasteiger partial charge in [0.25, 0.3) is 0 Å². The molecule has 0 aromatic carbocycles. The summed E-state index contributed by atoms with van der Waals surface area (Å²) in [6.07, 6.45) is 3.58. The summed E-state index contributed by atoms with van der Waals surface area (Å²) in [5, 5.41) is 29.6. The zero-order chi connectivity index (χ0) is 15.8. The van der Waals surface area contributed by atoms with Gasteiger partial charge in [0.1, 0.15) is 17.7 Å². The number of carboxylic acid groups (broad SMARTS) is 1. The number of aliphatic carboxylic acids is 1. The van der Waals surface area contributed by atoms with Crippen LogP contribution in [0.25, 0.3) is 0 Å². The first-order valence-electron chi connectivity index (χ1n) is 7.36. The number of aromatic nitrogens is 2. The number of carboxylic acids is 1. The number of nitrogens with one attached hydrogen (secondary N) is 1. The Morgan fingerprint density at radius 2 is 2.05 bits per heavy atom. The zero-order valence-corrected chi connectivity index (χ0v) is 12.8. The molecule has 114 valence electrons. The second-order valence-electron chi connectivity index (χ2n) is 4.85. The lowest BCUT2D eigenvalue weighted by atomic mass is 10.0. The van der Waals surface area contributed by atoms with Gasteiger partial charge in [-0.25, -0.2) is 4.79 Å². The van der Waals surface area contributed by atoms with Crippen LogP contribution in [-0.2, 0) is 17.6 Å². The van der Waals surface area contributed by atoms with Crippen molar-refractivity contribution >= 4 is 11.8 Å². The highest BCUT2D eigenvalue weighted by Crippen LogP contribution is 2.21. The van der Waals surface area contributed by atoms with Crippen molar-refractivity contribution in [3.8, 4) is 6.07 Å². The summed E-state index contributed by atoms with van der Waals surface area (Å²) in [7, 11) is 0. The van der Waals surface area contributed by atoms with Crippen LogP contribution in [0.15, 0.2) is 0 Å². The molecule has 1 aromatic rings. The Bertz CT molecular complexity index is 537. The fourth-order valence-corrected chi connectivity index (χ4v) is 2.22. The molecule has 0 aliphatic rings. The summed E-state index contributed by atoms with van der Waals surface area (Å²) in [4.78, 5) is 11.3. The first-order valence-corrected chi connectivity index (χ1v) is 7.36. The maximum absolute atomic E-state index is 11.3. The number of anilines is 1. The topological polar surface area (TPSA) is 98.9 Å². The standard InChI is InChI=1S/C15H22N4O2/c1-4-7-8-13(15(20)21)17-14-11(9-16)10(5-2)12(6-3)18-19-14/h13H,4-8H2,1-3H3,(H,17,19)(H,20,21). The monoisotopic (exact) mass is 290 g/mol. The van der Waals surface area contributed by atoms with Gasteiger partial charge in [0.15, 0.2) is 5.82 Å². The van der Waals surface area contributed by atoms with E-state index in [0.717, 1.165) is 24.1 Å². The van der Waals surface area contributed by atoms with Gasteiger partial charge in [-0.15, -0.1) is 5.10 Å². The molecule has 21 heavy (non-hydrogen) atoms. The molecule has 1 heterocycles. The Kier molecular flexibility index (Phi) is 6.60. The Balaban J connectivity index is 3.12. The molecule has 0 spiro atoms. The Hall–Kier alpha value is -2.16. The third-order valence-corrected chi connectivity index (χ3v) is 3.41. The van der Waals surface area contributed by atoms with Crippen LogP contribution in [-0.4, -0.2) is 27.3 Å². The number of aryl methyl sites for hydroxylation is 1. The van der Waals surface area contributed by atoms with Crippen LogP contribution in [0.3, 0.4) is 0 Å². The zero-order valence-electron chi connectivity index (χ0n) is 12.8. The second kappa shape index (κ2) is 8.20. The first kappa shape index (κ1) is 16.9. The quantitative estimate of drug-likeness (QED) is 0.763. The molecule has 0 fully saturated rings. The fourth-order valence-electron chi connectivity index (χ4n) is 2.22. The normalized spacial score (nSPS) is 11.7. The fraction of sp³-hybridized carbons (Fsp3) is 0.600. The van der Waals surface area contributed by atoms with Crippen LogP contribution in [0.4, 0.5) is 5.82 Å². The number of carbonyl (C=O) groups is 1. The van der Waals surface area contributed by atoms with E-state index >= 15 is 0 Å². The molecule has 1 rings (SSSR count). The highest BCUT2D eigenvalue weighted by Gasteiger charge is 2.21. The van der Waals surface area contributed by atoms with E-state index in [9.17, 15) is 15.2 Å². The van der Waals surface area contributed by atoms with Gasteiger partial charge < -0.3 is 10.4 Å². The van der Waals surface area contributed by atoms with E-state index in [4.69, 9.17) is 0 Å². The number of nitrogens with zero attached hydrogens (tertiary/aromatic N) is 3. The van der Waals surface area contributed by atoms with Crippen molar-refractivity contribution in [3.05, 3.63) is 16.8 Å². The lowest BCUT2D eigenvalue weighted by Gasteiger charge is -2.17. The van der Waals surface area contributed by atoms with Crippen molar-refractivity contribution < 1.29 is 9.90 Å². The van der Waals surface area contributed by atoms with E-state index in [1.807, 2.05) is 20.8 Å². The van der Waals surface area contributed by atoms with Gasteiger partial charge in [0.05, 0.1) is 5.69 Å². The summed E-state index contributed by atoms with van der Waals surface area (Å²) in [6.45, 7) is 5.91. The second-order valence-corrected chi connectivity index (χ2v) is 4.85. The first-order chi connectivity index (χ1) is 10.1. The van der Waals surface area contributed by atoms with Crippen LogP contribution in [0.1, 0.15) is 56.9 Å². The highest BCUT2D eigenvalue weighted by molar-refractivity contribution is 5.77. The third-order valence-electron chi connectivity index (χ3n) is 3.41. The predicted octanol–water partition coefficient (Wildman–Crippen LogP) is 2.53. The molecule has 0 aliphatic heterocycles. The minimum Gasteiger partial charge on any atom is -0.480 e. The summed E-state index contributed by atoms with van der Waals surface area (Å²) >= 11 is 0. The minimum absolute atomic E-state index is 0.273. The lowest BCUT2D eigenvalue weighted by Crippen LogP contribution is -2.30. The molecule has 1 aromatic heterocycles. The van der Waals surface area contributed by atoms with Crippen LogP contribution < -0.4 is 5.32 Å². The van der Waals surface area contributed by atoms with Crippen molar-refractivity contribution in [1.82, 2.24) is 10.2 Å². The summed E-state index contributed by atoms with van der Waals surface area (Å²) < 4.78 is 0. The maximum atomic E-state index is 11.3. The predicted molar refractivity (Wildman–Crippen MR) is 80.1 cm³/mol. The number of hydrogen-bond donors (Lipinski definition) is 2. The largest absolute Gasteiger partial charge is 0.480 e. The van der Waals surface area contributed by atoms with Crippen molar-refractivity contribution in [3.63, 3.8) is 0 Å². The molecule has 6 nitrogen and oxygen atoms in total. The molecule has 0 bridgehead atoms. The average Bonchev–Trinajstić information content (AvgIpc) is 2.49. The minimum atomic E-state index is -0.938. The Morgan fingerprint density at radius 3 is 2.52 bits per heavy atom. The van der Waals surface area contributed by atoms with E-state index in [1.54, 1.807) is 0 Å². The van der Waals surface area contributed by atoms with Crippen molar-refractivity contribution in [2.45, 2.75) is 58.9 Å². The molecule has 1 atom stereocenters. The van der Waals surface area contributed by atoms with Crippen molar-refractivity contribution in [2.24, 2.45) is 0 Å². The third kappa shape index (κ3) is 4.15. The lowest BCUT2D eigenvalue weighted by molar-refractivity contribution is -0.138. The van der Waals surface area contributed by atoms with E-state index in [0.29, 0.717) is 24.8 Å². The molecule has 0 radical (unpaired) electrons. The van der Waals surface area contributed by atoms with E-state index < -0.39 is 12.0 Å². The SMILES string of the molecule is CCCCC(Nc1nnc(CC)c(CC)c1C#N)C(=O)O. The van der Waals surface area contributed by atoms with Crippen LogP contribution >= 0.6 is 0 Å². The van der Waals surface area contributed by atoms with Crippen molar-refractivity contribution in [2.75, 3.05) is 5.32 Å². The van der Waals surface area contributed by atoms with Gasteiger partial charge >= 0.3 is 5.97 Å². The smallest absolute Gasteiger partial charge is 0.326 e. The summed E-state index contributed by atoms with van der Waals surface area (Å²) in [5.74, 6) is -0.665.